The Hall–Kier alpha value is 0.400. The van der Waals surface area contributed by atoms with Crippen molar-refractivity contribution in [2.75, 3.05) is 14.1 Å². The third-order valence-corrected chi connectivity index (χ3v) is 0. The molecule has 0 aromatic heterocycles. The fraction of sp³-hybridized carbons (Fsp3) is 1.00. The van der Waals surface area contributed by atoms with Crippen molar-refractivity contribution < 1.29 is 5.21 Å². The first-order chi connectivity index (χ1) is 1.73. The Labute approximate surface area is 42.1 Å². The van der Waals surface area contributed by atoms with E-state index in [1.165, 1.54) is 0 Å². The average Bonchev–Trinajstić information content (AvgIpc) is 0.811. The summed E-state index contributed by atoms with van der Waals surface area (Å²) in [5.74, 6) is 0. The molecule has 0 aromatic carbocycles. The molecular formula is C2H8BrNO. The van der Waals surface area contributed by atoms with Gasteiger partial charge in [-0.2, -0.15) is 5.06 Å². The highest BCUT2D eigenvalue weighted by Gasteiger charge is 1.59. The van der Waals surface area contributed by atoms with Crippen molar-refractivity contribution in [3.63, 3.8) is 0 Å². The van der Waals surface area contributed by atoms with Crippen LogP contribution in [0.2, 0.25) is 0 Å². The van der Waals surface area contributed by atoms with Crippen LogP contribution in [0.4, 0.5) is 0 Å². The second kappa shape index (κ2) is 4.40. The molecule has 0 amide bonds. The van der Waals surface area contributed by atoms with E-state index < -0.39 is 0 Å². The van der Waals surface area contributed by atoms with Crippen molar-refractivity contribution in [1.29, 1.82) is 0 Å². The molecule has 1 N–H and O–H groups in total. The van der Waals surface area contributed by atoms with Gasteiger partial charge in [0.05, 0.1) is 0 Å². The first kappa shape index (κ1) is 9.04. The van der Waals surface area contributed by atoms with Gasteiger partial charge >= 0.3 is 0 Å². The molecule has 0 atom stereocenters. The van der Waals surface area contributed by atoms with Crippen LogP contribution in [-0.4, -0.2) is 24.4 Å². The Balaban J connectivity index is 0. The fourth-order valence-corrected chi connectivity index (χ4v) is 0. The van der Waals surface area contributed by atoms with Crippen LogP contribution < -0.4 is 0 Å². The van der Waals surface area contributed by atoms with Crippen LogP contribution in [0.15, 0.2) is 0 Å². The Morgan fingerprint density at radius 1 is 1.40 bits per heavy atom. The van der Waals surface area contributed by atoms with Crippen LogP contribution in [0.25, 0.3) is 0 Å². The van der Waals surface area contributed by atoms with E-state index >= 15 is 0 Å². The molecule has 0 radical (unpaired) electrons. The molecule has 5 heavy (non-hydrogen) atoms. The largest absolute Gasteiger partial charge is 0.315 e. The molecule has 0 aromatic rings. The summed E-state index contributed by atoms with van der Waals surface area (Å²) in [7, 11) is 3.11. The van der Waals surface area contributed by atoms with Gasteiger partial charge in [-0.1, -0.05) is 0 Å². The molecule has 0 saturated carbocycles. The first-order valence-electron chi connectivity index (χ1n) is 1.09. The van der Waals surface area contributed by atoms with E-state index in [1.807, 2.05) is 0 Å². The third-order valence-electron chi connectivity index (χ3n) is 0. The maximum Gasteiger partial charge on any atom is 0.0121 e. The lowest BCUT2D eigenvalue weighted by Crippen LogP contribution is -2.01. The van der Waals surface area contributed by atoms with E-state index in [0.717, 1.165) is 5.06 Å². The molecule has 0 rings (SSSR count). The van der Waals surface area contributed by atoms with Crippen LogP contribution >= 0.6 is 17.0 Å². The van der Waals surface area contributed by atoms with Gasteiger partial charge in [0.25, 0.3) is 0 Å². The van der Waals surface area contributed by atoms with Crippen molar-refractivity contribution >= 4 is 17.0 Å². The lowest BCUT2D eigenvalue weighted by Gasteiger charge is -1.89. The molecule has 3 heteroatoms. The summed E-state index contributed by atoms with van der Waals surface area (Å²) >= 11 is 0. The van der Waals surface area contributed by atoms with Crippen molar-refractivity contribution in [3.05, 3.63) is 0 Å². The van der Waals surface area contributed by atoms with Gasteiger partial charge in [0.2, 0.25) is 0 Å². The maximum absolute atomic E-state index is 7.89. The van der Waals surface area contributed by atoms with E-state index in [2.05, 4.69) is 0 Å². The summed E-state index contributed by atoms with van der Waals surface area (Å²) in [6, 6.07) is 0. The number of nitrogens with zero attached hydrogens (tertiary/aromatic N) is 1. The smallest absolute Gasteiger partial charge is 0.0121 e. The molecule has 2 nitrogen and oxygen atoms in total. The van der Waals surface area contributed by atoms with E-state index in [0.29, 0.717) is 0 Å². The minimum Gasteiger partial charge on any atom is -0.315 e. The normalized spacial score (nSPS) is 7.20. The zero-order valence-electron chi connectivity index (χ0n) is 3.30. The van der Waals surface area contributed by atoms with Crippen LogP contribution in [0.3, 0.4) is 0 Å². The second-order valence-electron chi connectivity index (χ2n) is 0.847. The highest BCUT2D eigenvalue weighted by Crippen LogP contribution is 1.46. The number of rotatable bonds is 0. The summed E-state index contributed by atoms with van der Waals surface area (Å²) in [6.45, 7) is 0. The molecule has 34 valence electrons. The molecule has 0 unspecified atom stereocenters. The molecule has 0 saturated heterocycles. The predicted octanol–water partition coefficient (Wildman–Crippen LogP) is 0.515. The monoisotopic (exact) mass is 141 g/mol. The molecule has 0 bridgehead atoms. The molecule has 0 aliphatic heterocycles. The minimum atomic E-state index is 0. The SMILES string of the molecule is Br.CN(C)O. The Kier molecular flexibility index (Phi) is 7.96. The lowest BCUT2D eigenvalue weighted by molar-refractivity contribution is -0.0372. The zero-order valence-corrected chi connectivity index (χ0v) is 5.02. The van der Waals surface area contributed by atoms with Gasteiger partial charge in [-0.3, -0.25) is 0 Å². The van der Waals surface area contributed by atoms with Crippen molar-refractivity contribution in [2.24, 2.45) is 0 Å². The number of hydrogen-bond acceptors (Lipinski definition) is 2. The summed E-state index contributed by atoms with van der Waals surface area (Å²) in [6.07, 6.45) is 0. The van der Waals surface area contributed by atoms with Gasteiger partial charge < -0.3 is 5.21 Å². The van der Waals surface area contributed by atoms with Crippen LogP contribution in [0.1, 0.15) is 0 Å². The van der Waals surface area contributed by atoms with Crippen LogP contribution in [0.5, 0.6) is 0 Å². The second-order valence-corrected chi connectivity index (χ2v) is 0.847. The van der Waals surface area contributed by atoms with E-state index in [4.69, 9.17) is 5.21 Å². The van der Waals surface area contributed by atoms with E-state index in [1.54, 1.807) is 14.1 Å². The summed E-state index contributed by atoms with van der Waals surface area (Å²) in [5, 5.41) is 8.89. The van der Waals surface area contributed by atoms with E-state index in [-0.39, 0.29) is 17.0 Å². The molecule has 0 aliphatic carbocycles. The van der Waals surface area contributed by atoms with E-state index in [9.17, 15) is 0 Å². The maximum atomic E-state index is 7.89. The van der Waals surface area contributed by atoms with Crippen LogP contribution in [-0.2, 0) is 0 Å². The predicted molar refractivity (Wildman–Crippen MR) is 25.8 cm³/mol. The average molecular weight is 142 g/mol. The van der Waals surface area contributed by atoms with Gasteiger partial charge in [-0.25, -0.2) is 0 Å². The van der Waals surface area contributed by atoms with Gasteiger partial charge in [0.1, 0.15) is 0 Å². The van der Waals surface area contributed by atoms with Gasteiger partial charge in [0, 0.05) is 14.1 Å². The fourth-order valence-electron chi connectivity index (χ4n) is 0. The highest BCUT2D eigenvalue weighted by molar-refractivity contribution is 8.93. The number of hydroxylamine groups is 2. The highest BCUT2D eigenvalue weighted by atomic mass is 79.9. The number of hydrogen-bond donors (Lipinski definition) is 1. The summed E-state index contributed by atoms with van der Waals surface area (Å²) < 4.78 is 0. The Morgan fingerprint density at radius 2 is 1.40 bits per heavy atom. The minimum absolute atomic E-state index is 0. The van der Waals surface area contributed by atoms with Crippen molar-refractivity contribution in [2.45, 2.75) is 0 Å². The molecule has 0 heterocycles. The van der Waals surface area contributed by atoms with Crippen molar-refractivity contribution in [3.8, 4) is 0 Å². The summed E-state index contributed by atoms with van der Waals surface area (Å²) in [4.78, 5) is 0. The van der Waals surface area contributed by atoms with Gasteiger partial charge in [0.15, 0.2) is 0 Å². The third kappa shape index (κ3) is 158. The first-order valence-corrected chi connectivity index (χ1v) is 1.09. The van der Waals surface area contributed by atoms with Gasteiger partial charge in [-0.15, -0.1) is 17.0 Å². The van der Waals surface area contributed by atoms with Crippen LogP contribution in [0, 0.1) is 0 Å². The molecule has 0 fully saturated rings. The van der Waals surface area contributed by atoms with Gasteiger partial charge in [-0.05, 0) is 0 Å². The number of halogens is 1. The lowest BCUT2D eigenvalue weighted by atomic mass is 11.2. The zero-order chi connectivity index (χ0) is 3.58. The Morgan fingerprint density at radius 3 is 1.40 bits per heavy atom. The summed E-state index contributed by atoms with van der Waals surface area (Å²) in [5.41, 5.74) is 0. The molecule has 0 spiro atoms. The molecule has 0 aliphatic rings. The quantitative estimate of drug-likeness (QED) is 0.498. The Bertz CT molecular complexity index is 14.4. The standard InChI is InChI=1S/C2H7NO.BrH/c1-3(2)4;/h4H,1-2H3;1H. The molecular weight excluding hydrogens is 134 g/mol. The van der Waals surface area contributed by atoms with Crippen molar-refractivity contribution in [1.82, 2.24) is 5.06 Å². The topological polar surface area (TPSA) is 23.5 Å².